The predicted molar refractivity (Wildman–Crippen MR) is 170 cm³/mol. The van der Waals surface area contributed by atoms with Gasteiger partial charge in [0.2, 0.25) is 0 Å². The minimum atomic E-state index is 0.159. The number of rotatable bonds is 4. The quantitative estimate of drug-likeness (QED) is 0.172. The number of hydrogen-bond donors (Lipinski definition) is 0. The van der Waals surface area contributed by atoms with Crippen LogP contribution in [0.5, 0.6) is 0 Å². The van der Waals surface area contributed by atoms with Crippen molar-refractivity contribution in [3.63, 3.8) is 0 Å². The Morgan fingerprint density at radius 3 is 0.921 bits per heavy atom. The lowest BCUT2D eigenvalue weighted by Crippen LogP contribution is -2.10. The van der Waals surface area contributed by atoms with E-state index in [-0.39, 0.29) is 10.8 Å². The minimum Gasteiger partial charge on any atom is -0.0616 e. The van der Waals surface area contributed by atoms with Crippen molar-refractivity contribution < 1.29 is 0 Å². The minimum absolute atomic E-state index is 0.159. The smallest absolute Gasteiger partial charge is 0.00987 e. The summed E-state index contributed by atoms with van der Waals surface area (Å²) < 4.78 is 0. The third kappa shape index (κ3) is 5.36. The molecule has 38 heavy (non-hydrogen) atoms. The van der Waals surface area contributed by atoms with E-state index in [1.807, 2.05) is 0 Å². The molecule has 0 radical (unpaired) electrons. The molecule has 0 amide bonds. The van der Waals surface area contributed by atoms with E-state index in [0.29, 0.717) is 0 Å². The van der Waals surface area contributed by atoms with Gasteiger partial charge in [-0.15, -0.1) is 0 Å². The summed E-state index contributed by atoms with van der Waals surface area (Å²) in [5.41, 5.74) is 8.00. The van der Waals surface area contributed by atoms with Crippen molar-refractivity contribution in [3.8, 4) is 0 Å². The normalized spacial score (nSPS) is 12.8. The second kappa shape index (κ2) is 10.1. The van der Waals surface area contributed by atoms with E-state index in [1.165, 1.54) is 54.9 Å². The molecule has 0 heterocycles. The molecule has 0 aromatic heterocycles. The summed E-state index contributed by atoms with van der Waals surface area (Å²) in [6, 6.07) is 35.5. The highest BCUT2D eigenvalue weighted by atomic mass is 14.2. The van der Waals surface area contributed by atoms with E-state index >= 15 is 0 Å². The van der Waals surface area contributed by atoms with E-state index in [1.54, 1.807) is 0 Å². The summed E-state index contributed by atoms with van der Waals surface area (Å²) >= 11 is 0. The standard InChI is InChI=1S/C38H38/c1-37(2,3)29-21-15-27(16-22-29)19-25-35-31-11-7-9-13-33(31)36(34-14-10-8-12-32(34)35)26-20-28-17-23-30(24-18-28)38(4,5)6/h7-26H,1-6H3/b25-19+,26-20+. The van der Waals surface area contributed by atoms with E-state index in [2.05, 4.69) is 163 Å². The predicted octanol–water partition coefficient (Wildman–Crippen LogP) is 10.9. The lowest BCUT2D eigenvalue weighted by atomic mass is 9.86. The van der Waals surface area contributed by atoms with Crippen LogP contribution in [-0.2, 0) is 10.8 Å². The lowest BCUT2D eigenvalue weighted by molar-refractivity contribution is 0.590. The summed E-state index contributed by atoms with van der Waals surface area (Å²) in [7, 11) is 0. The van der Waals surface area contributed by atoms with Crippen LogP contribution in [0.2, 0.25) is 0 Å². The second-order valence-corrected chi connectivity index (χ2v) is 12.3. The van der Waals surface area contributed by atoms with Gasteiger partial charge in [0.1, 0.15) is 0 Å². The first-order valence-corrected chi connectivity index (χ1v) is 13.6. The van der Waals surface area contributed by atoms with Crippen molar-refractivity contribution >= 4 is 45.8 Å². The Bertz CT molecular complexity index is 1450. The fourth-order valence-corrected chi connectivity index (χ4v) is 5.10. The van der Waals surface area contributed by atoms with Crippen LogP contribution in [0.25, 0.3) is 45.8 Å². The Balaban J connectivity index is 1.59. The Morgan fingerprint density at radius 2 is 0.658 bits per heavy atom. The van der Waals surface area contributed by atoms with E-state index in [9.17, 15) is 0 Å². The van der Waals surface area contributed by atoms with Crippen LogP contribution < -0.4 is 0 Å². The molecule has 0 saturated heterocycles. The summed E-state index contributed by atoms with van der Waals surface area (Å²) in [6.45, 7) is 13.5. The van der Waals surface area contributed by atoms with Gasteiger partial charge in [0.05, 0.1) is 0 Å². The molecule has 0 N–H and O–H groups in total. The maximum atomic E-state index is 2.29. The SMILES string of the molecule is CC(C)(C)c1ccc(/C=C/c2c3ccccc3c(/C=C/c3ccc(C(C)(C)C)cc3)c3ccccc23)cc1. The molecule has 0 aliphatic rings. The Labute approximate surface area is 228 Å². The van der Waals surface area contributed by atoms with Gasteiger partial charge in [0.25, 0.3) is 0 Å². The molecule has 5 rings (SSSR count). The fraction of sp³-hybridized carbons (Fsp3) is 0.211. The topological polar surface area (TPSA) is 0 Å². The molecule has 5 aromatic carbocycles. The van der Waals surface area contributed by atoms with Crippen molar-refractivity contribution in [1.82, 2.24) is 0 Å². The van der Waals surface area contributed by atoms with Crippen LogP contribution in [0.1, 0.15) is 74.9 Å². The monoisotopic (exact) mass is 494 g/mol. The van der Waals surface area contributed by atoms with Crippen LogP contribution in [0, 0.1) is 0 Å². The maximum absolute atomic E-state index is 2.29. The van der Waals surface area contributed by atoms with Gasteiger partial charge in [0.15, 0.2) is 0 Å². The molecule has 0 heteroatoms. The highest BCUT2D eigenvalue weighted by Crippen LogP contribution is 2.35. The Hall–Kier alpha value is -3.90. The third-order valence-electron chi connectivity index (χ3n) is 7.45. The summed E-state index contributed by atoms with van der Waals surface area (Å²) in [5, 5.41) is 5.10. The average Bonchev–Trinajstić information content (AvgIpc) is 2.90. The van der Waals surface area contributed by atoms with Crippen molar-refractivity contribution in [2.45, 2.75) is 52.4 Å². The molecule has 0 atom stereocenters. The summed E-state index contributed by atoms with van der Waals surface area (Å²) in [5.74, 6) is 0. The number of hydrogen-bond acceptors (Lipinski definition) is 0. The molecule has 0 fully saturated rings. The molecule has 190 valence electrons. The first kappa shape index (κ1) is 25.7. The molecule has 5 aromatic rings. The summed E-state index contributed by atoms with van der Waals surface area (Å²) in [6.07, 6.45) is 9.06. The van der Waals surface area contributed by atoms with Crippen molar-refractivity contribution in [2.24, 2.45) is 0 Å². The zero-order valence-electron chi connectivity index (χ0n) is 23.5. The van der Waals surface area contributed by atoms with Gasteiger partial charge in [-0.1, -0.05) is 163 Å². The van der Waals surface area contributed by atoms with E-state index in [0.717, 1.165) is 0 Å². The molecular weight excluding hydrogens is 456 g/mol. The first-order chi connectivity index (χ1) is 18.1. The van der Waals surface area contributed by atoms with Gasteiger partial charge in [-0.3, -0.25) is 0 Å². The average molecular weight is 495 g/mol. The Morgan fingerprint density at radius 1 is 0.368 bits per heavy atom. The first-order valence-electron chi connectivity index (χ1n) is 13.6. The van der Waals surface area contributed by atoms with Gasteiger partial charge in [-0.25, -0.2) is 0 Å². The molecule has 0 nitrogen and oxygen atoms in total. The van der Waals surface area contributed by atoms with Gasteiger partial charge in [-0.2, -0.15) is 0 Å². The summed E-state index contributed by atoms with van der Waals surface area (Å²) in [4.78, 5) is 0. The second-order valence-electron chi connectivity index (χ2n) is 12.3. The van der Waals surface area contributed by atoms with Crippen LogP contribution >= 0.6 is 0 Å². The fourth-order valence-electron chi connectivity index (χ4n) is 5.10. The zero-order chi connectivity index (χ0) is 26.9. The van der Waals surface area contributed by atoms with Crippen molar-refractivity contribution in [2.75, 3.05) is 0 Å². The molecule has 0 aliphatic carbocycles. The van der Waals surface area contributed by atoms with Crippen molar-refractivity contribution in [3.05, 3.63) is 130 Å². The maximum Gasteiger partial charge on any atom is -0.00987 e. The number of fused-ring (bicyclic) bond motifs is 2. The van der Waals surface area contributed by atoms with Gasteiger partial charge >= 0.3 is 0 Å². The van der Waals surface area contributed by atoms with Crippen LogP contribution in [0.15, 0.2) is 97.1 Å². The molecule has 0 unspecified atom stereocenters. The highest BCUT2D eigenvalue weighted by molar-refractivity contribution is 6.14. The van der Waals surface area contributed by atoms with Crippen LogP contribution in [0.4, 0.5) is 0 Å². The van der Waals surface area contributed by atoms with Crippen molar-refractivity contribution in [1.29, 1.82) is 0 Å². The van der Waals surface area contributed by atoms with E-state index in [4.69, 9.17) is 0 Å². The van der Waals surface area contributed by atoms with Gasteiger partial charge < -0.3 is 0 Å². The number of benzene rings is 5. The van der Waals surface area contributed by atoms with Crippen LogP contribution in [0.3, 0.4) is 0 Å². The largest absolute Gasteiger partial charge is 0.0616 e. The molecular formula is C38H38. The molecule has 0 aliphatic heterocycles. The zero-order valence-corrected chi connectivity index (χ0v) is 23.5. The van der Waals surface area contributed by atoms with Gasteiger partial charge in [-0.05, 0) is 65.8 Å². The van der Waals surface area contributed by atoms with Gasteiger partial charge in [0, 0.05) is 0 Å². The molecule has 0 spiro atoms. The van der Waals surface area contributed by atoms with Crippen LogP contribution in [-0.4, -0.2) is 0 Å². The molecule has 0 saturated carbocycles. The van der Waals surface area contributed by atoms with E-state index < -0.39 is 0 Å². The Kier molecular flexibility index (Phi) is 6.84. The third-order valence-corrected chi connectivity index (χ3v) is 7.45. The lowest BCUT2D eigenvalue weighted by Gasteiger charge is -2.19. The highest BCUT2D eigenvalue weighted by Gasteiger charge is 2.14. The molecule has 0 bridgehead atoms.